The van der Waals surface area contributed by atoms with Crippen molar-refractivity contribution in [2.24, 2.45) is 0 Å². The minimum atomic E-state index is -0.525. The molecule has 1 aromatic carbocycles. The Bertz CT molecular complexity index is 634. The molecule has 1 aromatic heterocycles. The average molecular weight is 299 g/mol. The molecule has 0 radical (unpaired) electrons. The Balaban J connectivity index is 1.61. The molecule has 2 aromatic rings. The second-order valence-corrected chi connectivity index (χ2v) is 5.66. The van der Waals surface area contributed by atoms with Crippen molar-refractivity contribution in [3.8, 4) is 5.75 Å². The molecule has 3 rings (SSSR count). The lowest BCUT2D eigenvalue weighted by atomic mass is 9.91. The maximum absolute atomic E-state index is 12.1. The monoisotopic (exact) mass is 299 g/mol. The number of fused-ring (bicyclic) bond motifs is 1. The summed E-state index contributed by atoms with van der Waals surface area (Å²) in [6.45, 7) is 2.16. The van der Waals surface area contributed by atoms with Crippen molar-refractivity contribution in [1.29, 1.82) is 0 Å². The van der Waals surface area contributed by atoms with Crippen molar-refractivity contribution >= 4 is 5.91 Å². The van der Waals surface area contributed by atoms with E-state index in [0.29, 0.717) is 6.54 Å². The molecule has 116 valence electrons. The van der Waals surface area contributed by atoms with Gasteiger partial charge in [0.2, 0.25) is 0 Å². The molecule has 0 bridgehead atoms. The Morgan fingerprint density at radius 1 is 1.27 bits per heavy atom. The van der Waals surface area contributed by atoms with Gasteiger partial charge in [0.25, 0.3) is 5.91 Å². The minimum absolute atomic E-state index is 0.134. The lowest BCUT2D eigenvalue weighted by Crippen LogP contribution is -2.36. The molecule has 1 unspecified atom stereocenters. The van der Waals surface area contributed by atoms with Crippen LogP contribution in [-0.4, -0.2) is 12.0 Å². The summed E-state index contributed by atoms with van der Waals surface area (Å²) in [6.07, 6.45) is 5.63. The molecule has 4 heteroatoms. The first-order valence-electron chi connectivity index (χ1n) is 7.81. The van der Waals surface area contributed by atoms with Gasteiger partial charge in [0, 0.05) is 0 Å². The number of nitrogens with one attached hydrogen (secondary N) is 1. The van der Waals surface area contributed by atoms with E-state index >= 15 is 0 Å². The summed E-state index contributed by atoms with van der Waals surface area (Å²) in [6, 6.07) is 9.76. The van der Waals surface area contributed by atoms with Crippen LogP contribution in [0.1, 0.15) is 36.7 Å². The van der Waals surface area contributed by atoms with E-state index in [4.69, 9.17) is 9.15 Å². The third kappa shape index (κ3) is 3.32. The maximum atomic E-state index is 12.1. The van der Waals surface area contributed by atoms with Crippen LogP contribution in [0, 0.1) is 0 Å². The Labute approximate surface area is 130 Å². The van der Waals surface area contributed by atoms with Crippen molar-refractivity contribution in [2.45, 2.75) is 45.3 Å². The Morgan fingerprint density at radius 2 is 2.14 bits per heavy atom. The van der Waals surface area contributed by atoms with Gasteiger partial charge in [-0.3, -0.25) is 4.79 Å². The van der Waals surface area contributed by atoms with Crippen LogP contribution < -0.4 is 10.1 Å². The fraction of sp³-hybridized carbons (Fsp3) is 0.389. The Hall–Kier alpha value is -2.23. The average Bonchev–Trinajstić information content (AvgIpc) is 3.06. The second kappa shape index (κ2) is 6.69. The fourth-order valence-corrected chi connectivity index (χ4v) is 2.83. The van der Waals surface area contributed by atoms with Crippen LogP contribution in [0.4, 0.5) is 0 Å². The number of benzene rings is 1. The predicted octanol–water partition coefficient (Wildman–Crippen LogP) is 3.24. The van der Waals surface area contributed by atoms with E-state index in [1.807, 2.05) is 18.2 Å². The fourth-order valence-electron chi connectivity index (χ4n) is 2.83. The molecule has 4 nitrogen and oxygen atoms in total. The van der Waals surface area contributed by atoms with Crippen LogP contribution in [0.15, 0.2) is 41.0 Å². The smallest absolute Gasteiger partial charge is 0.261 e. The van der Waals surface area contributed by atoms with Crippen molar-refractivity contribution in [3.05, 3.63) is 53.5 Å². The number of hydrogen-bond donors (Lipinski definition) is 1. The summed E-state index contributed by atoms with van der Waals surface area (Å²) in [7, 11) is 0. The molecule has 1 atom stereocenters. The molecule has 1 amide bonds. The van der Waals surface area contributed by atoms with Gasteiger partial charge in [-0.2, -0.15) is 0 Å². The molecule has 1 heterocycles. The molecule has 0 aliphatic heterocycles. The topological polar surface area (TPSA) is 51.5 Å². The molecule has 22 heavy (non-hydrogen) atoms. The van der Waals surface area contributed by atoms with E-state index in [-0.39, 0.29) is 5.91 Å². The lowest BCUT2D eigenvalue weighted by molar-refractivity contribution is -0.127. The minimum Gasteiger partial charge on any atom is -0.481 e. The second-order valence-electron chi connectivity index (χ2n) is 5.66. The lowest BCUT2D eigenvalue weighted by Gasteiger charge is -2.21. The molecule has 0 spiro atoms. The highest BCUT2D eigenvalue weighted by atomic mass is 16.5. The van der Waals surface area contributed by atoms with Crippen LogP contribution in [0.5, 0.6) is 5.75 Å². The number of furan rings is 1. The van der Waals surface area contributed by atoms with Crippen LogP contribution in [-0.2, 0) is 24.2 Å². The van der Waals surface area contributed by atoms with Crippen molar-refractivity contribution in [2.75, 3.05) is 0 Å². The van der Waals surface area contributed by atoms with Crippen molar-refractivity contribution in [1.82, 2.24) is 5.32 Å². The highest BCUT2D eigenvalue weighted by Gasteiger charge is 2.19. The molecular formula is C18H21NO3. The number of hydrogen-bond acceptors (Lipinski definition) is 3. The normalized spacial score (nSPS) is 15.0. The van der Waals surface area contributed by atoms with Crippen LogP contribution in [0.25, 0.3) is 0 Å². The number of amides is 1. The third-order valence-electron chi connectivity index (χ3n) is 4.04. The van der Waals surface area contributed by atoms with E-state index in [2.05, 4.69) is 11.4 Å². The van der Waals surface area contributed by atoms with E-state index in [1.165, 1.54) is 24.0 Å². The molecule has 1 aliphatic carbocycles. The summed E-state index contributed by atoms with van der Waals surface area (Å²) in [4.78, 5) is 12.1. The van der Waals surface area contributed by atoms with Crippen LogP contribution in [0.3, 0.4) is 0 Å². The summed E-state index contributed by atoms with van der Waals surface area (Å²) in [5.74, 6) is 1.44. The SMILES string of the molecule is CC(Oc1cccc2c1CCCC2)C(=O)NCc1ccco1. The van der Waals surface area contributed by atoms with E-state index in [9.17, 15) is 4.79 Å². The van der Waals surface area contributed by atoms with Gasteiger partial charge in [0.15, 0.2) is 6.10 Å². The van der Waals surface area contributed by atoms with Gasteiger partial charge in [-0.05, 0) is 61.9 Å². The number of carbonyl (C=O) groups is 1. The van der Waals surface area contributed by atoms with Gasteiger partial charge < -0.3 is 14.5 Å². The zero-order valence-corrected chi connectivity index (χ0v) is 12.8. The highest BCUT2D eigenvalue weighted by molar-refractivity contribution is 5.80. The zero-order valence-electron chi connectivity index (χ0n) is 12.8. The van der Waals surface area contributed by atoms with Gasteiger partial charge in [-0.25, -0.2) is 0 Å². The molecule has 0 fully saturated rings. The summed E-state index contributed by atoms with van der Waals surface area (Å²) in [5, 5.41) is 2.83. The van der Waals surface area contributed by atoms with Crippen LogP contribution >= 0.6 is 0 Å². The maximum Gasteiger partial charge on any atom is 0.261 e. The number of aryl methyl sites for hydroxylation is 1. The van der Waals surface area contributed by atoms with Gasteiger partial charge in [0.1, 0.15) is 11.5 Å². The number of carbonyl (C=O) groups excluding carboxylic acids is 1. The van der Waals surface area contributed by atoms with Crippen LogP contribution in [0.2, 0.25) is 0 Å². The largest absolute Gasteiger partial charge is 0.481 e. The summed E-state index contributed by atoms with van der Waals surface area (Å²) < 4.78 is 11.1. The molecular weight excluding hydrogens is 278 g/mol. The Morgan fingerprint density at radius 3 is 2.95 bits per heavy atom. The first-order chi connectivity index (χ1) is 10.7. The third-order valence-corrected chi connectivity index (χ3v) is 4.04. The molecule has 0 saturated carbocycles. The summed E-state index contributed by atoms with van der Waals surface area (Å²) >= 11 is 0. The first kappa shape index (κ1) is 14.7. The van der Waals surface area contributed by atoms with Gasteiger partial charge >= 0.3 is 0 Å². The van der Waals surface area contributed by atoms with Crippen molar-refractivity contribution in [3.63, 3.8) is 0 Å². The highest BCUT2D eigenvalue weighted by Crippen LogP contribution is 2.30. The first-order valence-corrected chi connectivity index (χ1v) is 7.81. The van der Waals surface area contributed by atoms with Gasteiger partial charge in [-0.15, -0.1) is 0 Å². The van der Waals surface area contributed by atoms with Gasteiger partial charge in [0.05, 0.1) is 12.8 Å². The predicted molar refractivity (Wildman–Crippen MR) is 83.7 cm³/mol. The standard InChI is InChI=1S/C18H21NO3/c1-13(18(20)19-12-15-8-5-11-21-15)22-17-10-4-7-14-6-2-3-9-16(14)17/h4-5,7-8,10-11,13H,2-3,6,9,12H2,1H3,(H,19,20). The van der Waals surface area contributed by atoms with Crippen molar-refractivity contribution < 1.29 is 13.9 Å². The van der Waals surface area contributed by atoms with E-state index < -0.39 is 6.10 Å². The van der Waals surface area contributed by atoms with Gasteiger partial charge in [-0.1, -0.05) is 12.1 Å². The number of rotatable bonds is 5. The quantitative estimate of drug-likeness (QED) is 0.922. The van der Waals surface area contributed by atoms with E-state index in [1.54, 1.807) is 19.3 Å². The molecule has 0 saturated heterocycles. The molecule has 1 N–H and O–H groups in total. The number of ether oxygens (including phenoxy) is 1. The summed E-state index contributed by atoms with van der Waals surface area (Å²) in [5.41, 5.74) is 2.62. The Kier molecular flexibility index (Phi) is 4.47. The zero-order chi connectivity index (χ0) is 15.4. The molecule has 1 aliphatic rings. The van der Waals surface area contributed by atoms with E-state index in [0.717, 1.165) is 24.4 Å².